The topological polar surface area (TPSA) is 36.4 Å². The van der Waals surface area contributed by atoms with Crippen LogP contribution in [-0.4, -0.2) is 18.5 Å². The summed E-state index contributed by atoms with van der Waals surface area (Å²) in [6, 6.07) is 15.6. The van der Waals surface area contributed by atoms with E-state index < -0.39 is 0 Å². The highest BCUT2D eigenvalue weighted by atomic mass is 127. The summed E-state index contributed by atoms with van der Waals surface area (Å²) >= 11 is 1.82. The fourth-order valence-electron chi connectivity index (χ4n) is 2.65. The fraction of sp³-hybridized carbons (Fsp3) is 0.389. The second-order valence-corrected chi connectivity index (χ2v) is 7.08. The van der Waals surface area contributed by atoms with Crippen LogP contribution in [0.1, 0.15) is 34.6 Å². The SMILES string of the molecule is CCNC(=NCc1ccc(C)s1)NC1CC1c1ccccc1.I. The summed E-state index contributed by atoms with van der Waals surface area (Å²) in [4.78, 5) is 7.36. The molecule has 0 amide bonds. The molecular formula is C18H24IN3S. The summed E-state index contributed by atoms with van der Waals surface area (Å²) < 4.78 is 0. The molecule has 1 heterocycles. The Labute approximate surface area is 159 Å². The van der Waals surface area contributed by atoms with Crippen molar-refractivity contribution in [3.8, 4) is 0 Å². The first kappa shape index (κ1) is 18.3. The molecule has 124 valence electrons. The maximum absolute atomic E-state index is 4.71. The highest BCUT2D eigenvalue weighted by molar-refractivity contribution is 14.0. The van der Waals surface area contributed by atoms with E-state index in [4.69, 9.17) is 4.99 Å². The summed E-state index contributed by atoms with van der Waals surface area (Å²) in [6.07, 6.45) is 1.19. The Bertz CT molecular complexity index is 639. The van der Waals surface area contributed by atoms with Gasteiger partial charge in [0.1, 0.15) is 0 Å². The summed E-state index contributed by atoms with van der Waals surface area (Å²) in [5.41, 5.74) is 1.42. The van der Waals surface area contributed by atoms with Gasteiger partial charge in [-0.1, -0.05) is 30.3 Å². The molecule has 2 unspecified atom stereocenters. The average molecular weight is 441 g/mol. The third kappa shape index (κ3) is 5.21. The zero-order valence-electron chi connectivity index (χ0n) is 13.6. The Morgan fingerprint density at radius 3 is 2.65 bits per heavy atom. The van der Waals surface area contributed by atoms with Gasteiger partial charge in [-0.2, -0.15) is 0 Å². The van der Waals surface area contributed by atoms with Crippen LogP contribution in [0.3, 0.4) is 0 Å². The Balaban J connectivity index is 0.00000192. The van der Waals surface area contributed by atoms with Gasteiger partial charge in [0.25, 0.3) is 0 Å². The van der Waals surface area contributed by atoms with E-state index in [1.807, 2.05) is 11.3 Å². The third-order valence-electron chi connectivity index (χ3n) is 3.87. The average Bonchev–Trinajstić information content (AvgIpc) is 3.18. The molecule has 5 heteroatoms. The van der Waals surface area contributed by atoms with Crippen LogP contribution in [0.4, 0.5) is 0 Å². The molecule has 23 heavy (non-hydrogen) atoms. The minimum absolute atomic E-state index is 0. The van der Waals surface area contributed by atoms with E-state index in [1.165, 1.54) is 21.7 Å². The van der Waals surface area contributed by atoms with Crippen molar-refractivity contribution in [2.75, 3.05) is 6.54 Å². The summed E-state index contributed by atoms with van der Waals surface area (Å²) in [7, 11) is 0. The van der Waals surface area contributed by atoms with Gasteiger partial charge in [-0.25, -0.2) is 4.99 Å². The number of benzene rings is 1. The Morgan fingerprint density at radius 1 is 1.22 bits per heavy atom. The number of nitrogens with one attached hydrogen (secondary N) is 2. The second-order valence-electron chi connectivity index (χ2n) is 5.71. The minimum atomic E-state index is 0. The monoisotopic (exact) mass is 441 g/mol. The molecule has 0 bridgehead atoms. The van der Waals surface area contributed by atoms with Crippen molar-refractivity contribution < 1.29 is 0 Å². The van der Waals surface area contributed by atoms with Crippen molar-refractivity contribution in [2.45, 2.75) is 38.8 Å². The Kier molecular flexibility index (Phi) is 6.89. The molecule has 1 saturated carbocycles. The number of aliphatic imine (C=N–C) groups is 1. The van der Waals surface area contributed by atoms with Crippen molar-refractivity contribution >= 4 is 41.3 Å². The number of hydrogen-bond acceptors (Lipinski definition) is 2. The molecule has 2 aromatic rings. The molecule has 1 fully saturated rings. The van der Waals surface area contributed by atoms with Crippen LogP contribution < -0.4 is 10.6 Å². The molecule has 3 rings (SSSR count). The van der Waals surface area contributed by atoms with Gasteiger partial charge < -0.3 is 10.6 Å². The maximum Gasteiger partial charge on any atom is 0.191 e. The molecule has 0 spiro atoms. The highest BCUT2D eigenvalue weighted by Gasteiger charge is 2.38. The zero-order chi connectivity index (χ0) is 15.4. The van der Waals surface area contributed by atoms with Crippen molar-refractivity contribution in [1.82, 2.24) is 10.6 Å². The first-order valence-corrected chi connectivity index (χ1v) is 8.73. The van der Waals surface area contributed by atoms with Gasteiger partial charge in [-0.3, -0.25) is 0 Å². The highest BCUT2D eigenvalue weighted by Crippen LogP contribution is 2.40. The predicted octanol–water partition coefficient (Wildman–Crippen LogP) is 4.29. The quantitative estimate of drug-likeness (QED) is 0.413. The van der Waals surface area contributed by atoms with Gasteiger partial charge in [0.15, 0.2) is 5.96 Å². The Hall–Kier alpha value is -1.08. The predicted molar refractivity (Wildman–Crippen MR) is 110 cm³/mol. The zero-order valence-corrected chi connectivity index (χ0v) is 16.7. The van der Waals surface area contributed by atoms with Crippen molar-refractivity contribution in [3.05, 3.63) is 57.8 Å². The smallest absolute Gasteiger partial charge is 0.191 e. The molecule has 2 atom stereocenters. The lowest BCUT2D eigenvalue weighted by molar-refractivity contribution is 0.796. The van der Waals surface area contributed by atoms with E-state index in [9.17, 15) is 0 Å². The van der Waals surface area contributed by atoms with Gasteiger partial charge in [-0.15, -0.1) is 35.3 Å². The number of halogens is 1. The molecule has 0 radical (unpaired) electrons. The number of rotatable bonds is 5. The number of hydrogen-bond donors (Lipinski definition) is 2. The molecular weight excluding hydrogens is 417 g/mol. The lowest BCUT2D eigenvalue weighted by Gasteiger charge is -2.11. The van der Waals surface area contributed by atoms with E-state index in [-0.39, 0.29) is 24.0 Å². The van der Waals surface area contributed by atoms with Crippen LogP contribution in [0.15, 0.2) is 47.5 Å². The number of guanidine groups is 1. The molecule has 0 saturated heterocycles. The van der Waals surface area contributed by atoms with Crippen LogP contribution in [0.25, 0.3) is 0 Å². The summed E-state index contributed by atoms with van der Waals surface area (Å²) in [5, 5.41) is 6.91. The molecule has 1 aromatic carbocycles. The van der Waals surface area contributed by atoms with E-state index in [0.29, 0.717) is 12.0 Å². The maximum atomic E-state index is 4.71. The third-order valence-corrected chi connectivity index (χ3v) is 4.86. The van der Waals surface area contributed by atoms with Gasteiger partial charge >= 0.3 is 0 Å². The fourth-order valence-corrected chi connectivity index (χ4v) is 3.46. The lowest BCUT2D eigenvalue weighted by atomic mass is 10.1. The molecule has 0 aliphatic heterocycles. The van der Waals surface area contributed by atoms with Crippen LogP contribution in [-0.2, 0) is 6.54 Å². The van der Waals surface area contributed by atoms with Crippen LogP contribution >= 0.6 is 35.3 Å². The summed E-state index contributed by atoms with van der Waals surface area (Å²) in [5.74, 6) is 1.55. The lowest BCUT2D eigenvalue weighted by Crippen LogP contribution is -2.39. The largest absolute Gasteiger partial charge is 0.357 e. The first-order valence-electron chi connectivity index (χ1n) is 7.91. The van der Waals surface area contributed by atoms with Gasteiger partial charge in [0.05, 0.1) is 6.54 Å². The normalized spacial score (nSPS) is 19.8. The molecule has 2 N–H and O–H groups in total. The minimum Gasteiger partial charge on any atom is -0.357 e. The number of thiophene rings is 1. The molecule has 3 nitrogen and oxygen atoms in total. The number of aryl methyl sites for hydroxylation is 1. The molecule has 1 aliphatic carbocycles. The van der Waals surface area contributed by atoms with Gasteiger partial charge in [0, 0.05) is 28.3 Å². The van der Waals surface area contributed by atoms with Crippen LogP contribution in [0.2, 0.25) is 0 Å². The van der Waals surface area contributed by atoms with Crippen molar-refractivity contribution in [1.29, 1.82) is 0 Å². The number of nitrogens with zero attached hydrogens (tertiary/aromatic N) is 1. The summed E-state index contributed by atoms with van der Waals surface area (Å²) in [6.45, 7) is 5.87. The van der Waals surface area contributed by atoms with E-state index in [1.54, 1.807) is 0 Å². The van der Waals surface area contributed by atoms with E-state index in [2.05, 4.69) is 66.9 Å². The van der Waals surface area contributed by atoms with Gasteiger partial charge in [0.2, 0.25) is 0 Å². The van der Waals surface area contributed by atoms with Gasteiger partial charge in [-0.05, 0) is 38.0 Å². The molecule has 1 aliphatic rings. The Morgan fingerprint density at radius 2 is 2.00 bits per heavy atom. The standard InChI is InChI=1S/C18H23N3S.HI/c1-3-19-18(20-12-15-10-9-13(2)22-15)21-17-11-16(17)14-7-5-4-6-8-14;/h4-10,16-17H,3,11-12H2,1-2H3,(H2,19,20,21);1H. The first-order chi connectivity index (χ1) is 10.8. The van der Waals surface area contributed by atoms with Crippen molar-refractivity contribution in [2.24, 2.45) is 4.99 Å². The van der Waals surface area contributed by atoms with E-state index in [0.717, 1.165) is 19.0 Å². The van der Waals surface area contributed by atoms with E-state index >= 15 is 0 Å². The van der Waals surface area contributed by atoms with Crippen LogP contribution in [0, 0.1) is 6.92 Å². The van der Waals surface area contributed by atoms with Crippen molar-refractivity contribution in [3.63, 3.8) is 0 Å². The molecule has 1 aromatic heterocycles. The van der Waals surface area contributed by atoms with Crippen LogP contribution in [0.5, 0.6) is 0 Å². The second kappa shape index (κ2) is 8.68.